The quantitative estimate of drug-likeness (QED) is 0.816. The third-order valence-corrected chi connectivity index (χ3v) is 2.87. The van der Waals surface area contributed by atoms with Crippen molar-refractivity contribution in [3.63, 3.8) is 0 Å². The summed E-state index contributed by atoms with van der Waals surface area (Å²) in [6.45, 7) is 2.51. The zero-order chi connectivity index (χ0) is 13.0. The van der Waals surface area contributed by atoms with Gasteiger partial charge in [-0.1, -0.05) is 25.5 Å². The van der Waals surface area contributed by atoms with Gasteiger partial charge in [-0.3, -0.25) is 0 Å². The number of aliphatic hydroxyl groups excluding tert-OH is 1. The normalized spacial score (nSPS) is 12.6. The van der Waals surface area contributed by atoms with E-state index in [1.807, 2.05) is 31.2 Å². The average Bonchev–Trinajstić information content (AvgIpc) is 2.36. The van der Waals surface area contributed by atoms with Crippen molar-refractivity contribution >= 4 is 28.3 Å². The molecule has 2 rings (SSSR count). The van der Waals surface area contributed by atoms with E-state index in [4.69, 9.17) is 11.6 Å². The third-order valence-electron chi connectivity index (χ3n) is 2.70. The molecule has 0 aliphatic heterocycles. The number of nitrogens with one attached hydrogen (secondary N) is 1. The molecule has 0 amide bonds. The van der Waals surface area contributed by atoms with Gasteiger partial charge in [-0.05, 0) is 30.2 Å². The highest BCUT2D eigenvalue weighted by atomic mass is 35.5. The van der Waals surface area contributed by atoms with E-state index < -0.39 is 0 Å². The maximum absolute atomic E-state index is 9.71. The number of benzene rings is 1. The van der Waals surface area contributed by atoms with Crippen LogP contribution in [0.4, 0.5) is 5.82 Å². The number of rotatable bonds is 5. The summed E-state index contributed by atoms with van der Waals surface area (Å²) in [5, 5.41) is 14.0. The standard InChI is InChI=1S/C13H16ClN3O/c1-2-5-9(18)8-15-12-10-6-3-4-7-11(10)16-13(14)17-12/h3-4,6-7,9,18H,2,5,8H2,1H3,(H,15,16,17). The van der Waals surface area contributed by atoms with Gasteiger partial charge in [0, 0.05) is 11.9 Å². The zero-order valence-electron chi connectivity index (χ0n) is 10.2. The van der Waals surface area contributed by atoms with Crippen molar-refractivity contribution in [3.8, 4) is 0 Å². The Morgan fingerprint density at radius 2 is 2.11 bits per heavy atom. The molecule has 0 saturated heterocycles. The Hall–Kier alpha value is -1.39. The number of halogens is 1. The van der Waals surface area contributed by atoms with E-state index in [9.17, 15) is 5.11 Å². The highest BCUT2D eigenvalue weighted by Gasteiger charge is 2.08. The minimum absolute atomic E-state index is 0.209. The molecule has 2 aromatic rings. The molecular weight excluding hydrogens is 250 g/mol. The van der Waals surface area contributed by atoms with Crippen LogP contribution in [0.1, 0.15) is 19.8 Å². The molecule has 1 aromatic carbocycles. The predicted molar refractivity (Wildman–Crippen MR) is 74.0 cm³/mol. The number of anilines is 1. The molecule has 0 aliphatic carbocycles. The summed E-state index contributed by atoms with van der Waals surface area (Å²) < 4.78 is 0. The van der Waals surface area contributed by atoms with Crippen LogP contribution >= 0.6 is 11.6 Å². The number of hydrogen-bond acceptors (Lipinski definition) is 4. The van der Waals surface area contributed by atoms with Crippen LogP contribution in [0.25, 0.3) is 10.9 Å². The monoisotopic (exact) mass is 265 g/mol. The van der Waals surface area contributed by atoms with Crippen molar-refractivity contribution in [2.75, 3.05) is 11.9 Å². The molecule has 1 heterocycles. The van der Waals surface area contributed by atoms with Crippen molar-refractivity contribution in [2.24, 2.45) is 0 Å². The largest absolute Gasteiger partial charge is 0.391 e. The fraction of sp³-hybridized carbons (Fsp3) is 0.385. The van der Waals surface area contributed by atoms with E-state index in [2.05, 4.69) is 15.3 Å². The molecule has 0 bridgehead atoms. The van der Waals surface area contributed by atoms with Crippen molar-refractivity contribution in [1.82, 2.24) is 9.97 Å². The van der Waals surface area contributed by atoms with Crippen molar-refractivity contribution in [3.05, 3.63) is 29.5 Å². The highest BCUT2D eigenvalue weighted by Crippen LogP contribution is 2.21. The van der Waals surface area contributed by atoms with Crippen LogP contribution in [-0.4, -0.2) is 27.7 Å². The van der Waals surface area contributed by atoms with Crippen molar-refractivity contribution in [2.45, 2.75) is 25.9 Å². The molecular formula is C13H16ClN3O. The van der Waals surface area contributed by atoms with E-state index in [0.29, 0.717) is 12.4 Å². The zero-order valence-corrected chi connectivity index (χ0v) is 11.0. The first-order valence-electron chi connectivity index (χ1n) is 6.05. The molecule has 0 spiro atoms. The first-order valence-corrected chi connectivity index (χ1v) is 6.42. The lowest BCUT2D eigenvalue weighted by molar-refractivity contribution is 0.176. The molecule has 1 aromatic heterocycles. The summed E-state index contributed by atoms with van der Waals surface area (Å²) in [4.78, 5) is 8.32. The summed E-state index contributed by atoms with van der Waals surface area (Å²) in [6, 6.07) is 7.64. The fourth-order valence-corrected chi connectivity index (χ4v) is 2.01. The molecule has 5 heteroatoms. The molecule has 0 aliphatic rings. The molecule has 18 heavy (non-hydrogen) atoms. The molecule has 96 valence electrons. The molecule has 0 radical (unpaired) electrons. The van der Waals surface area contributed by atoms with E-state index in [1.165, 1.54) is 0 Å². The molecule has 1 unspecified atom stereocenters. The van der Waals surface area contributed by atoms with Gasteiger partial charge in [0.15, 0.2) is 0 Å². The lowest BCUT2D eigenvalue weighted by Gasteiger charge is -2.12. The highest BCUT2D eigenvalue weighted by molar-refractivity contribution is 6.28. The van der Waals surface area contributed by atoms with Gasteiger partial charge in [-0.2, -0.15) is 0 Å². The Bertz CT molecular complexity index is 533. The predicted octanol–water partition coefficient (Wildman–Crippen LogP) is 2.86. The minimum Gasteiger partial charge on any atom is -0.391 e. The van der Waals surface area contributed by atoms with Gasteiger partial charge in [0.05, 0.1) is 11.6 Å². The first kappa shape index (κ1) is 13.1. The Balaban J connectivity index is 2.21. The fourth-order valence-electron chi connectivity index (χ4n) is 1.83. The summed E-state index contributed by atoms with van der Waals surface area (Å²) >= 11 is 5.88. The number of aromatic nitrogens is 2. The lowest BCUT2D eigenvalue weighted by atomic mass is 10.2. The molecule has 1 atom stereocenters. The van der Waals surface area contributed by atoms with E-state index in [1.54, 1.807) is 0 Å². The summed E-state index contributed by atoms with van der Waals surface area (Å²) in [5.74, 6) is 0.667. The van der Waals surface area contributed by atoms with E-state index >= 15 is 0 Å². The van der Waals surface area contributed by atoms with Gasteiger partial charge in [0.25, 0.3) is 0 Å². The third kappa shape index (κ3) is 3.09. The van der Waals surface area contributed by atoms with Gasteiger partial charge < -0.3 is 10.4 Å². The molecule has 0 saturated carbocycles. The van der Waals surface area contributed by atoms with Gasteiger partial charge in [-0.15, -0.1) is 0 Å². The van der Waals surface area contributed by atoms with Crippen LogP contribution in [0, 0.1) is 0 Å². The molecule has 2 N–H and O–H groups in total. The van der Waals surface area contributed by atoms with Crippen molar-refractivity contribution < 1.29 is 5.11 Å². The van der Waals surface area contributed by atoms with Crippen LogP contribution < -0.4 is 5.32 Å². The Morgan fingerprint density at radius 1 is 1.33 bits per heavy atom. The average molecular weight is 266 g/mol. The minimum atomic E-state index is -0.373. The number of nitrogens with zero attached hydrogens (tertiary/aromatic N) is 2. The van der Waals surface area contributed by atoms with Gasteiger partial charge in [0.1, 0.15) is 5.82 Å². The molecule has 0 fully saturated rings. The summed E-state index contributed by atoms with van der Waals surface area (Å²) in [5.41, 5.74) is 0.796. The van der Waals surface area contributed by atoms with Gasteiger partial charge >= 0.3 is 0 Å². The Kier molecular flexibility index (Phi) is 4.33. The maximum atomic E-state index is 9.71. The molecule has 4 nitrogen and oxygen atoms in total. The number of fused-ring (bicyclic) bond motifs is 1. The number of aliphatic hydroxyl groups is 1. The van der Waals surface area contributed by atoms with E-state index in [0.717, 1.165) is 23.7 Å². The second-order valence-corrected chi connectivity index (χ2v) is 4.52. The maximum Gasteiger partial charge on any atom is 0.224 e. The van der Waals surface area contributed by atoms with Crippen molar-refractivity contribution in [1.29, 1.82) is 0 Å². The first-order chi connectivity index (χ1) is 8.70. The SMILES string of the molecule is CCCC(O)CNc1nc(Cl)nc2ccccc12. The number of para-hydroxylation sites is 1. The summed E-state index contributed by atoms with van der Waals surface area (Å²) in [6.07, 6.45) is 1.35. The van der Waals surface area contributed by atoms with Crippen LogP contribution in [-0.2, 0) is 0 Å². The lowest BCUT2D eigenvalue weighted by Crippen LogP contribution is -2.19. The van der Waals surface area contributed by atoms with Crippen LogP contribution in [0.2, 0.25) is 5.28 Å². The van der Waals surface area contributed by atoms with Gasteiger partial charge in [-0.25, -0.2) is 9.97 Å². The Labute approximate surface area is 111 Å². The Morgan fingerprint density at radius 3 is 2.89 bits per heavy atom. The summed E-state index contributed by atoms with van der Waals surface area (Å²) in [7, 11) is 0. The second kappa shape index (κ2) is 5.98. The second-order valence-electron chi connectivity index (χ2n) is 4.18. The van der Waals surface area contributed by atoms with Crippen LogP contribution in [0.3, 0.4) is 0 Å². The van der Waals surface area contributed by atoms with Gasteiger partial charge in [0.2, 0.25) is 5.28 Å². The number of hydrogen-bond donors (Lipinski definition) is 2. The smallest absolute Gasteiger partial charge is 0.224 e. The topological polar surface area (TPSA) is 58.0 Å². The van der Waals surface area contributed by atoms with Crippen LogP contribution in [0.5, 0.6) is 0 Å². The van der Waals surface area contributed by atoms with E-state index in [-0.39, 0.29) is 11.4 Å². The van der Waals surface area contributed by atoms with Crippen LogP contribution in [0.15, 0.2) is 24.3 Å².